The first-order valence-electron chi connectivity index (χ1n) is 11.2. The Hall–Kier alpha value is -3.61. The number of benzene rings is 2. The minimum atomic E-state index is -0.978. The fourth-order valence-corrected chi connectivity index (χ4v) is 5.22. The first kappa shape index (κ1) is 21.2. The minimum absolute atomic E-state index is 0.113. The van der Waals surface area contributed by atoms with Crippen LogP contribution in [0.2, 0.25) is 0 Å². The second-order valence-electron chi connectivity index (χ2n) is 8.88. The second kappa shape index (κ2) is 8.39. The van der Waals surface area contributed by atoms with Crippen molar-refractivity contribution in [2.45, 2.75) is 51.2 Å². The third-order valence-corrected chi connectivity index (χ3v) is 6.93. The maximum absolute atomic E-state index is 13.5. The molecule has 0 saturated carbocycles. The van der Waals surface area contributed by atoms with E-state index in [0.29, 0.717) is 6.54 Å². The molecule has 2 atom stereocenters. The van der Waals surface area contributed by atoms with E-state index in [-0.39, 0.29) is 24.8 Å². The van der Waals surface area contributed by atoms with Crippen LogP contribution >= 0.6 is 0 Å². The van der Waals surface area contributed by atoms with E-state index in [1.54, 1.807) is 13.4 Å². The summed E-state index contributed by atoms with van der Waals surface area (Å²) in [5.41, 5.74) is 5.99. The Kier molecular flexibility index (Phi) is 5.40. The van der Waals surface area contributed by atoms with Crippen molar-refractivity contribution in [2.24, 2.45) is 0 Å². The lowest BCUT2D eigenvalue weighted by Crippen LogP contribution is -2.50. The van der Waals surface area contributed by atoms with Gasteiger partial charge in [-0.15, -0.1) is 0 Å². The molecule has 1 amide bonds. The molecule has 170 valence electrons. The normalized spacial score (nSPS) is 19.2. The first-order chi connectivity index (χ1) is 16.0. The number of hydrogen-bond acceptors (Lipinski definition) is 4. The number of methoxy groups -OCH3 is 1. The van der Waals surface area contributed by atoms with Crippen molar-refractivity contribution in [1.29, 1.82) is 0 Å². The summed E-state index contributed by atoms with van der Waals surface area (Å²) in [6.07, 6.45) is 3.57. The monoisotopic (exact) mass is 445 g/mol. The third-order valence-electron chi connectivity index (χ3n) is 6.93. The van der Waals surface area contributed by atoms with E-state index < -0.39 is 12.0 Å². The Bertz CT molecular complexity index is 1230. The molecule has 3 aromatic rings. The van der Waals surface area contributed by atoms with E-state index in [1.807, 2.05) is 47.9 Å². The van der Waals surface area contributed by atoms with Gasteiger partial charge >= 0.3 is 5.97 Å². The fraction of sp³-hybridized carbons (Fsp3) is 0.346. The highest BCUT2D eigenvalue weighted by molar-refractivity contribution is 5.89. The highest BCUT2D eigenvalue weighted by Crippen LogP contribution is 2.36. The molecule has 1 unspecified atom stereocenters. The number of carbonyl (C=O) groups excluding carboxylic acids is 1. The quantitative estimate of drug-likeness (QED) is 0.651. The van der Waals surface area contributed by atoms with Gasteiger partial charge in [-0.3, -0.25) is 4.79 Å². The van der Waals surface area contributed by atoms with Crippen LogP contribution in [0.4, 0.5) is 0 Å². The molecule has 2 heterocycles. The van der Waals surface area contributed by atoms with Gasteiger partial charge in [0.2, 0.25) is 5.91 Å². The zero-order chi connectivity index (χ0) is 23.1. The smallest absolute Gasteiger partial charge is 0.326 e. The van der Waals surface area contributed by atoms with Gasteiger partial charge in [-0.05, 0) is 48.1 Å². The molecule has 1 aliphatic heterocycles. The molecule has 0 fully saturated rings. The summed E-state index contributed by atoms with van der Waals surface area (Å²) in [7, 11) is 1.65. The van der Waals surface area contributed by atoms with Gasteiger partial charge in [-0.2, -0.15) is 0 Å². The van der Waals surface area contributed by atoms with Gasteiger partial charge < -0.3 is 19.3 Å². The zero-order valence-corrected chi connectivity index (χ0v) is 18.8. The van der Waals surface area contributed by atoms with Crippen molar-refractivity contribution in [1.82, 2.24) is 14.5 Å². The number of imidazole rings is 1. The van der Waals surface area contributed by atoms with Crippen molar-refractivity contribution in [3.8, 4) is 5.75 Å². The summed E-state index contributed by atoms with van der Waals surface area (Å²) in [6.45, 7) is 2.80. The first-order valence-corrected chi connectivity index (χ1v) is 11.2. The minimum Gasteiger partial charge on any atom is -0.496 e. The van der Waals surface area contributed by atoms with Crippen LogP contribution in [0.1, 0.15) is 46.0 Å². The molecular formula is C26H27N3O4. The molecule has 0 saturated heterocycles. The van der Waals surface area contributed by atoms with Gasteiger partial charge in [0.15, 0.2) is 0 Å². The van der Waals surface area contributed by atoms with Crippen LogP contribution in [0.25, 0.3) is 0 Å². The Morgan fingerprint density at radius 2 is 2.03 bits per heavy atom. The Balaban J connectivity index is 1.41. The summed E-state index contributed by atoms with van der Waals surface area (Å²) >= 11 is 0. The number of hydrogen-bond donors (Lipinski definition) is 1. The standard InChI is InChI=1S/C26H27N3O4/c1-16-11-17(7-10-24(16)33-2)13-28-15-27-21-14-29(23(26(31)32)12-22(21)28)25(30)20-9-8-18-5-3-4-6-19(18)20/h3-7,10-11,15,20,23H,8-9,12-14H2,1-2H3,(H,31,32)/t20?,23-/m0/s1. The average molecular weight is 446 g/mol. The Morgan fingerprint density at radius 1 is 1.21 bits per heavy atom. The highest BCUT2D eigenvalue weighted by atomic mass is 16.5. The lowest BCUT2D eigenvalue weighted by molar-refractivity contribution is -0.152. The van der Waals surface area contributed by atoms with Crippen molar-refractivity contribution < 1.29 is 19.4 Å². The van der Waals surface area contributed by atoms with E-state index in [0.717, 1.165) is 46.7 Å². The molecule has 1 aliphatic carbocycles. The van der Waals surface area contributed by atoms with Gasteiger partial charge in [-0.1, -0.05) is 36.4 Å². The van der Waals surface area contributed by atoms with Crippen LogP contribution < -0.4 is 4.74 Å². The number of aliphatic carboxylic acids is 1. The molecular weight excluding hydrogens is 418 g/mol. The predicted octanol–water partition coefficient (Wildman–Crippen LogP) is 3.32. The molecule has 33 heavy (non-hydrogen) atoms. The van der Waals surface area contributed by atoms with Crippen LogP contribution in [-0.2, 0) is 35.5 Å². The number of aryl methyl sites for hydroxylation is 2. The molecule has 2 aliphatic rings. The summed E-state index contributed by atoms with van der Waals surface area (Å²) in [5.74, 6) is -0.541. The van der Waals surface area contributed by atoms with Crippen molar-refractivity contribution >= 4 is 11.9 Å². The molecule has 5 rings (SSSR count). The van der Waals surface area contributed by atoms with Crippen LogP contribution in [0.5, 0.6) is 5.75 Å². The lowest BCUT2D eigenvalue weighted by Gasteiger charge is -2.35. The number of nitrogens with zero attached hydrogens (tertiary/aromatic N) is 3. The number of carboxylic acid groups (broad SMARTS) is 1. The van der Waals surface area contributed by atoms with Crippen molar-refractivity contribution in [3.63, 3.8) is 0 Å². The maximum atomic E-state index is 13.5. The Labute approximate surface area is 192 Å². The average Bonchev–Trinajstić information content (AvgIpc) is 3.42. The number of carboxylic acids is 1. The molecule has 0 spiro atoms. The molecule has 7 heteroatoms. The van der Waals surface area contributed by atoms with Crippen molar-refractivity contribution in [2.75, 3.05) is 7.11 Å². The van der Waals surface area contributed by atoms with E-state index in [1.165, 1.54) is 10.5 Å². The fourth-order valence-electron chi connectivity index (χ4n) is 5.22. The van der Waals surface area contributed by atoms with Crippen LogP contribution in [-0.4, -0.2) is 44.6 Å². The SMILES string of the molecule is COc1ccc(Cn2cnc3c2C[C@@H](C(=O)O)N(C(=O)C2CCc4ccccc42)C3)cc1C. The van der Waals surface area contributed by atoms with Gasteiger partial charge in [0.05, 0.1) is 31.6 Å². The van der Waals surface area contributed by atoms with Gasteiger partial charge in [-0.25, -0.2) is 9.78 Å². The van der Waals surface area contributed by atoms with Gasteiger partial charge in [0, 0.05) is 18.7 Å². The van der Waals surface area contributed by atoms with Crippen LogP contribution in [0, 0.1) is 6.92 Å². The number of rotatable bonds is 5. The molecule has 2 aromatic carbocycles. The number of carbonyl (C=O) groups is 2. The number of aromatic nitrogens is 2. The predicted molar refractivity (Wildman–Crippen MR) is 122 cm³/mol. The number of fused-ring (bicyclic) bond motifs is 2. The molecule has 0 radical (unpaired) electrons. The number of amides is 1. The second-order valence-corrected chi connectivity index (χ2v) is 8.88. The van der Waals surface area contributed by atoms with E-state index >= 15 is 0 Å². The van der Waals surface area contributed by atoms with E-state index in [9.17, 15) is 14.7 Å². The zero-order valence-electron chi connectivity index (χ0n) is 18.8. The lowest BCUT2D eigenvalue weighted by atomic mass is 9.95. The maximum Gasteiger partial charge on any atom is 0.326 e. The molecule has 1 N–H and O–H groups in total. The molecule has 0 bridgehead atoms. The summed E-state index contributed by atoms with van der Waals surface area (Å²) in [5, 5.41) is 10.00. The van der Waals surface area contributed by atoms with Gasteiger partial charge in [0.1, 0.15) is 11.8 Å². The number of ether oxygens (including phenoxy) is 1. The van der Waals surface area contributed by atoms with Crippen molar-refractivity contribution in [3.05, 3.63) is 82.4 Å². The van der Waals surface area contributed by atoms with Crippen LogP contribution in [0.3, 0.4) is 0 Å². The summed E-state index contributed by atoms with van der Waals surface area (Å²) in [4.78, 5) is 31.8. The largest absolute Gasteiger partial charge is 0.496 e. The van der Waals surface area contributed by atoms with Gasteiger partial charge in [0.25, 0.3) is 0 Å². The molecule has 1 aromatic heterocycles. The topological polar surface area (TPSA) is 84.7 Å². The molecule has 7 nitrogen and oxygen atoms in total. The third kappa shape index (κ3) is 3.77. The summed E-state index contributed by atoms with van der Waals surface area (Å²) < 4.78 is 7.34. The summed E-state index contributed by atoms with van der Waals surface area (Å²) in [6, 6.07) is 13.1. The van der Waals surface area contributed by atoms with Crippen LogP contribution in [0.15, 0.2) is 48.8 Å². The Morgan fingerprint density at radius 3 is 2.79 bits per heavy atom. The van der Waals surface area contributed by atoms with E-state index in [4.69, 9.17) is 4.74 Å². The van der Waals surface area contributed by atoms with E-state index in [2.05, 4.69) is 11.1 Å². The highest BCUT2D eigenvalue weighted by Gasteiger charge is 2.41.